The van der Waals surface area contributed by atoms with E-state index in [4.69, 9.17) is 9.47 Å². The van der Waals surface area contributed by atoms with Crippen LogP contribution in [0, 0.1) is 0 Å². The number of hydrogen-bond donors (Lipinski definition) is 0. The molecule has 31 heavy (non-hydrogen) atoms. The normalized spacial score (nSPS) is 16.2. The average Bonchev–Trinajstić information content (AvgIpc) is 2.79. The van der Waals surface area contributed by atoms with Crippen LogP contribution >= 0.6 is 0 Å². The number of hydrogen-bond acceptors (Lipinski definition) is 7. The summed E-state index contributed by atoms with van der Waals surface area (Å²) in [5, 5.41) is 0. The maximum absolute atomic E-state index is 12.9. The molecule has 10 heteroatoms. The minimum Gasteiger partial charge on any atom is -0.497 e. The summed E-state index contributed by atoms with van der Waals surface area (Å²) >= 11 is 0. The summed E-state index contributed by atoms with van der Waals surface area (Å²) in [6.45, 7) is 4.31. The Morgan fingerprint density at radius 1 is 0.871 bits per heavy atom. The number of rotatable bonds is 9. The molecule has 0 aliphatic carbocycles. The molecule has 0 bridgehead atoms. The van der Waals surface area contributed by atoms with Crippen LogP contribution in [-0.2, 0) is 19.9 Å². The first-order valence-electron chi connectivity index (χ1n) is 10.1. The molecule has 3 rings (SSSR count). The molecule has 0 unspecified atom stereocenters. The second kappa shape index (κ2) is 9.99. The molecule has 0 radical (unpaired) electrons. The summed E-state index contributed by atoms with van der Waals surface area (Å²) < 4.78 is 62.9. The van der Waals surface area contributed by atoms with Gasteiger partial charge in [0.1, 0.15) is 11.5 Å². The van der Waals surface area contributed by atoms with Crippen LogP contribution in [0.2, 0.25) is 0 Å². The molecule has 0 amide bonds. The molecule has 0 atom stereocenters. The minimum atomic E-state index is -3.59. The van der Waals surface area contributed by atoms with E-state index in [1.807, 2.05) is 11.8 Å². The van der Waals surface area contributed by atoms with E-state index in [1.54, 1.807) is 42.5 Å². The van der Waals surface area contributed by atoms with E-state index >= 15 is 0 Å². The van der Waals surface area contributed by atoms with Gasteiger partial charge in [0, 0.05) is 32.7 Å². The summed E-state index contributed by atoms with van der Waals surface area (Å²) in [5.41, 5.74) is 0. The molecule has 2 aromatic rings. The molecule has 0 aromatic heterocycles. The largest absolute Gasteiger partial charge is 0.497 e. The van der Waals surface area contributed by atoms with Crippen molar-refractivity contribution in [1.29, 1.82) is 0 Å². The third kappa shape index (κ3) is 5.76. The average molecular weight is 469 g/mol. The molecule has 8 nitrogen and oxygen atoms in total. The summed E-state index contributed by atoms with van der Waals surface area (Å²) in [6, 6.07) is 12.8. The zero-order valence-electron chi connectivity index (χ0n) is 17.7. The van der Waals surface area contributed by atoms with Crippen LogP contribution in [0.4, 0.5) is 0 Å². The van der Waals surface area contributed by atoms with E-state index in [9.17, 15) is 16.8 Å². The van der Waals surface area contributed by atoms with Crippen LogP contribution in [0.1, 0.15) is 6.92 Å². The van der Waals surface area contributed by atoms with E-state index in [-0.39, 0.29) is 15.5 Å². The van der Waals surface area contributed by atoms with Gasteiger partial charge in [-0.1, -0.05) is 6.07 Å². The molecule has 0 spiro atoms. The first-order chi connectivity index (χ1) is 14.8. The van der Waals surface area contributed by atoms with Crippen LogP contribution in [0.25, 0.3) is 0 Å². The van der Waals surface area contributed by atoms with Gasteiger partial charge in [0.05, 0.1) is 29.3 Å². The zero-order valence-corrected chi connectivity index (χ0v) is 19.4. The Kier molecular flexibility index (Phi) is 7.58. The highest BCUT2D eigenvalue weighted by Gasteiger charge is 2.29. The van der Waals surface area contributed by atoms with Crippen molar-refractivity contribution >= 4 is 19.9 Å². The van der Waals surface area contributed by atoms with Gasteiger partial charge in [-0.25, -0.2) is 16.8 Å². The lowest BCUT2D eigenvalue weighted by Crippen LogP contribution is -2.49. The molecule has 0 N–H and O–H groups in total. The van der Waals surface area contributed by atoms with Gasteiger partial charge < -0.3 is 9.47 Å². The van der Waals surface area contributed by atoms with Gasteiger partial charge >= 0.3 is 0 Å². The number of benzene rings is 2. The molecule has 1 saturated heterocycles. The number of methoxy groups -OCH3 is 1. The molecule has 1 aliphatic rings. The molecular formula is C21H28N2O6S2. The quantitative estimate of drug-likeness (QED) is 0.555. The van der Waals surface area contributed by atoms with Gasteiger partial charge in [-0.3, -0.25) is 4.90 Å². The first kappa shape index (κ1) is 23.5. The Labute approximate surface area is 184 Å². The van der Waals surface area contributed by atoms with Crippen LogP contribution < -0.4 is 9.47 Å². The van der Waals surface area contributed by atoms with Crippen molar-refractivity contribution in [3.05, 3.63) is 48.5 Å². The summed E-state index contributed by atoms with van der Waals surface area (Å²) in [5.74, 6) is 1.09. The van der Waals surface area contributed by atoms with Crippen molar-refractivity contribution in [1.82, 2.24) is 9.21 Å². The fraction of sp³-hybridized carbons (Fsp3) is 0.429. The van der Waals surface area contributed by atoms with Gasteiger partial charge in [-0.15, -0.1) is 0 Å². The number of nitrogens with zero attached hydrogens (tertiary/aromatic N) is 2. The molecule has 1 heterocycles. The SMILES string of the molecule is CCOc1ccc(S(=O)(=O)N2CCN(CCS(=O)(=O)c3cccc(OC)c3)CC2)cc1. The number of piperazine rings is 1. The minimum absolute atomic E-state index is 0.0359. The highest BCUT2D eigenvalue weighted by molar-refractivity contribution is 7.91. The van der Waals surface area contributed by atoms with Gasteiger partial charge in [-0.05, 0) is 49.4 Å². The second-order valence-electron chi connectivity index (χ2n) is 7.15. The molecular weight excluding hydrogens is 440 g/mol. The Morgan fingerprint density at radius 3 is 2.16 bits per heavy atom. The number of ether oxygens (including phenoxy) is 2. The third-order valence-electron chi connectivity index (χ3n) is 5.18. The van der Waals surface area contributed by atoms with Crippen molar-refractivity contribution in [3.8, 4) is 11.5 Å². The molecule has 0 saturated carbocycles. The Bertz CT molecular complexity index is 1080. The van der Waals surface area contributed by atoms with Crippen molar-refractivity contribution in [3.63, 3.8) is 0 Å². The van der Waals surface area contributed by atoms with Crippen molar-refractivity contribution in [2.24, 2.45) is 0 Å². The fourth-order valence-corrected chi connectivity index (χ4v) is 6.12. The highest BCUT2D eigenvalue weighted by atomic mass is 32.2. The molecule has 170 valence electrons. The Morgan fingerprint density at radius 2 is 1.55 bits per heavy atom. The number of sulfonamides is 1. The van der Waals surface area contributed by atoms with Crippen LogP contribution in [-0.4, -0.2) is 78.2 Å². The Hall–Kier alpha value is -2.14. The lowest BCUT2D eigenvalue weighted by molar-refractivity contribution is 0.197. The zero-order chi connectivity index (χ0) is 22.5. The smallest absolute Gasteiger partial charge is 0.243 e. The van der Waals surface area contributed by atoms with Crippen LogP contribution in [0.3, 0.4) is 0 Å². The predicted molar refractivity (Wildman–Crippen MR) is 118 cm³/mol. The fourth-order valence-electron chi connectivity index (χ4n) is 3.38. The summed E-state index contributed by atoms with van der Waals surface area (Å²) in [7, 11) is -5.55. The van der Waals surface area contributed by atoms with E-state index in [1.165, 1.54) is 17.5 Å². The van der Waals surface area contributed by atoms with Crippen molar-refractivity contribution in [2.45, 2.75) is 16.7 Å². The second-order valence-corrected chi connectivity index (χ2v) is 11.2. The Balaban J connectivity index is 1.56. The monoisotopic (exact) mass is 468 g/mol. The summed E-state index contributed by atoms with van der Waals surface area (Å²) in [4.78, 5) is 2.43. The van der Waals surface area contributed by atoms with Gasteiger partial charge in [-0.2, -0.15) is 4.31 Å². The molecule has 1 aliphatic heterocycles. The lowest BCUT2D eigenvalue weighted by Gasteiger charge is -2.33. The van der Waals surface area contributed by atoms with E-state index < -0.39 is 19.9 Å². The van der Waals surface area contributed by atoms with E-state index in [0.717, 1.165) is 0 Å². The third-order valence-corrected chi connectivity index (χ3v) is 8.79. The number of sulfone groups is 1. The molecule has 2 aromatic carbocycles. The highest BCUT2D eigenvalue weighted by Crippen LogP contribution is 2.22. The molecule has 1 fully saturated rings. The van der Waals surface area contributed by atoms with Crippen LogP contribution in [0.15, 0.2) is 58.3 Å². The van der Waals surface area contributed by atoms with Gasteiger partial charge in [0.15, 0.2) is 9.84 Å². The van der Waals surface area contributed by atoms with Crippen LogP contribution in [0.5, 0.6) is 11.5 Å². The van der Waals surface area contributed by atoms with Gasteiger partial charge in [0.2, 0.25) is 10.0 Å². The van der Waals surface area contributed by atoms with E-state index in [2.05, 4.69) is 0 Å². The maximum Gasteiger partial charge on any atom is 0.243 e. The first-order valence-corrected chi connectivity index (χ1v) is 13.2. The topological polar surface area (TPSA) is 93.2 Å². The maximum atomic E-state index is 12.9. The predicted octanol–water partition coefficient (Wildman–Crippen LogP) is 1.87. The van der Waals surface area contributed by atoms with Crippen molar-refractivity contribution < 1.29 is 26.3 Å². The van der Waals surface area contributed by atoms with Crippen molar-refractivity contribution in [2.75, 3.05) is 52.2 Å². The van der Waals surface area contributed by atoms with E-state index in [0.29, 0.717) is 50.8 Å². The standard InChI is InChI=1S/C21H28N2O6S2/c1-3-29-18-7-9-20(10-8-18)31(26,27)23-13-11-22(12-14-23)15-16-30(24,25)21-6-4-5-19(17-21)28-2/h4-10,17H,3,11-16H2,1-2H3. The summed E-state index contributed by atoms with van der Waals surface area (Å²) in [6.07, 6.45) is 0. The lowest BCUT2D eigenvalue weighted by atomic mass is 10.3. The van der Waals surface area contributed by atoms with Gasteiger partial charge in [0.25, 0.3) is 0 Å².